The maximum absolute atomic E-state index is 14.2. The molecule has 0 unspecified atom stereocenters. The number of nitrogens with zero attached hydrogens (tertiary/aromatic N) is 3. The van der Waals surface area contributed by atoms with Gasteiger partial charge in [0.15, 0.2) is 0 Å². The van der Waals surface area contributed by atoms with E-state index in [-0.39, 0.29) is 29.5 Å². The molecule has 2 aliphatic heterocycles. The number of halogens is 1. The number of carbonyl (C=O) groups excluding carboxylic acids is 4. The van der Waals surface area contributed by atoms with Gasteiger partial charge in [0.1, 0.15) is 24.0 Å². The predicted octanol–water partition coefficient (Wildman–Crippen LogP) is 4.20. The van der Waals surface area contributed by atoms with Crippen molar-refractivity contribution in [2.75, 3.05) is 32.6 Å². The highest BCUT2D eigenvalue weighted by Gasteiger charge is 2.39. The molecule has 1 N–H and O–H groups in total. The van der Waals surface area contributed by atoms with Crippen LogP contribution < -0.4 is 5.32 Å². The van der Waals surface area contributed by atoms with E-state index < -0.39 is 18.1 Å². The van der Waals surface area contributed by atoms with E-state index in [0.717, 1.165) is 55.2 Å². The maximum Gasteiger partial charge on any atom is 0.246 e. The SMILES string of the molecule is CN(C(=O)CCl)[C@@H](Cc1ccccc1)C(=O)N1CCCC[C@H]1C(=O)N[C@@H](CC1=CCc2ccccc21)C(=O)N1CCCCC1. The second kappa shape index (κ2) is 14.9. The maximum atomic E-state index is 14.2. The zero-order chi connectivity index (χ0) is 31.1. The van der Waals surface area contributed by atoms with E-state index in [0.29, 0.717) is 38.9 Å². The molecule has 5 rings (SSSR count). The molecule has 0 bridgehead atoms. The van der Waals surface area contributed by atoms with Crippen LogP contribution in [0.25, 0.3) is 5.57 Å². The van der Waals surface area contributed by atoms with Gasteiger partial charge in [0.25, 0.3) is 0 Å². The van der Waals surface area contributed by atoms with E-state index in [1.54, 1.807) is 11.9 Å². The second-order valence-corrected chi connectivity index (χ2v) is 12.4. The molecule has 0 spiro atoms. The Balaban J connectivity index is 1.37. The van der Waals surface area contributed by atoms with Crippen LogP contribution in [0.15, 0.2) is 60.7 Å². The monoisotopic (exact) mass is 618 g/mol. The van der Waals surface area contributed by atoms with E-state index in [1.807, 2.05) is 47.4 Å². The van der Waals surface area contributed by atoms with Gasteiger partial charge in [0, 0.05) is 39.5 Å². The van der Waals surface area contributed by atoms with Crippen molar-refractivity contribution in [1.29, 1.82) is 0 Å². The molecule has 2 aromatic rings. The largest absolute Gasteiger partial charge is 0.342 e. The van der Waals surface area contributed by atoms with Gasteiger partial charge in [-0.25, -0.2) is 0 Å². The molecule has 8 nitrogen and oxygen atoms in total. The lowest BCUT2D eigenvalue weighted by Crippen LogP contribution is -2.60. The molecule has 44 heavy (non-hydrogen) atoms. The Morgan fingerprint density at radius 2 is 1.59 bits per heavy atom. The molecule has 2 aromatic carbocycles. The van der Waals surface area contributed by atoms with Gasteiger partial charge in [0.2, 0.25) is 23.6 Å². The molecule has 3 atom stereocenters. The Bertz CT molecular complexity index is 1370. The summed E-state index contributed by atoms with van der Waals surface area (Å²) in [6, 6.07) is 15.5. The molecule has 4 amide bonds. The van der Waals surface area contributed by atoms with E-state index in [4.69, 9.17) is 11.6 Å². The average Bonchev–Trinajstić information content (AvgIpc) is 3.49. The average molecular weight is 619 g/mol. The molecular weight excluding hydrogens is 576 g/mol. The molecular formula is C35H43ClN4O4. The van der Waals surface area contributed by atoms with Crippen LogP contribution >= 0.6 is 11.6 Å². The molecule has 1 aliphatic carbocycles. The lowest BCUT2D eigenvalue weighted by Gasteiger charge is -2.40. The summed E-state index contributed by atoms with van der Waals surface area (Å²) in [6.07, 6.45) is 8.76. The van der Waals surface area contributed by atoms with Crippen molar-refractivity contribution in [2.24, 2.45) is 0 Å². The summed E-state index contributed by atoms with van der Waals surface area (Å²) in [6.45, 7) is 1.79. The Labute approximate surface area is 265 Å². The normalized spacial score (nSPS) is 19.4. The number of fused-ring (bicyclic) bond motifs is 1. The zero-order valence-corrected chi connectivity index (χ0v) is 26.3. The van der Waals surface area contributed by atoms with Gasteiger partial charge in [-0.05, 0) is 67.2 Å². The van der Waals surface area contributed by atoms with E-state index in [2.05, 4.69) is 23.5 Å². The van der Waals surface area contributed by atoms with Crippen molar-refractivity contribution in [2.45, 2.75) is 75.9 Å². The number of benzene rings is 2. The predicted molar refractivity (Wildman–Crippen MR) is 172 cm³/mol. The summed E-state index contributed by atoms with van der Waals surface area (Å²) in [4.78, 5) is 59.7. The number of likely N-dealkylation sites (tertiary alicyclic amines) is 2. The molecule has 3 aliphatic rings. The van der Waals surface area contributed by atoms with Crippen molar-refractivity contribution in [3.05, 3.63) is 77.4 Å². The van der Waals surface area contributed by atoms with E-state index >= 15 is 0 Å². The third-order valence-electron chi connectivity index (χ3n) is 9.26. The molecule has 0 radical (unpaired) electrons. The van der Waals surface area contributed by atoms with Crippen LogP contribution in [0.3, 0.4) is 0 Å². The van der Waals surface area contributed by atoms with Gasteiger partial charge >= 0.3 is 0 Å². The number of allylic oxidation sites excluding steroid dienone is 1. The first kappa shape index (κ1) is 31.8. The number of hydrogen-bond donors (Lipinski definition) is 1. The number of piperidine rings is 2. The molecule has 0 aromatic heterocycles. The highest BCUT2D eigenvalue weighted by Crippen LogP contribution is 2.31. The van der Waals surface area contributed by atoms with Crippen molar-refractivity contribution in [3.63, 3.8) is 0 Å². The third-order valence-corrected chi connectivity index (χ3v) is 9.49. The lowest BCUT2D eigenvalue weighted by molar-refractivity contribution is -0.150. The van der Waals surface area contributed by atoms with Crippen molar-refractivity contribution >= 4 is 40.8 Å². The number of likely N-dealkylation sites (N-methyl/N-ethyl adjacent to an activating group) is 1. The van der Waals surface area contributed by atoms with Gasteiger partial charge in [0.05, 0.1) is 0 Å². The standard InChI is InChI=1S/C35H43ClN4O4/c1-38(32(41)24-36)31(22-25-12-4-2-5-13-25)35(44)40-21-11-8-16-30(40)33(42)37-29(34(43)39-19-9-3-10-20-39)23-27-18-17-26-14-6-7-15-28(26)27/h2,4-7,12-15,18,29-31H,3,8-11,16-17,19-24H2,1H3,(H,37,42)/t29-,30-,31-/m0/s1. The highest BCUT2D eigenvalue weighted by molar-refractivity contribution is 6.27. The Kier molecular flexibility index (Phi) is 10.7. The Hall–Kier alpha value is -3.65. The van der Waals surface area contributed by atoms with Gasteiger partial charge in [-0.15, -0.1) is 11.6 Å². The van der Waals surface area contributed by atoms with Crippen LogP contribution in [-0.2, 0) is 32.0 Å². The molecule has 2 saturated heterocycles. The minimum atomic E-state index is -0.803. The number of hydrogen-bond acceptors (Lipinski definition) is 4. The van der Waals surface area contributed by atoms with Crippen LogP contribution in [0.4, 0.5) is 0 Å². The molecule has 2 heterocycles. The fourth-order valence-corrected chi connectivity index (χ4v) is 6.91. The Morgan fingerprint density at radius 3 is 2.34 bits per heavy atom. The van der Waals surface area contributed by atoms with Crippen LogP contribution in [0.1, 0.15) is 61.6 Å². The van der Waals surface area contributed by atoms with E-state index in [1.165, 1.54) is 10.5 Å². The fourth-order valence-electron chi connectivity index (χ4n) is 6.73. The summed E-state index contributed by atoms with van der Waals surface area (Å²) in [5, 5.41) is 3.11. The minimum Gasteiger partial charge on any atom is -0.342 e. The summed E-state index contributed by atoms with van der Waals surface area (Å²) >= 11 is 5.90. The summed E-state index contributed by atoms with van der Waals surface area (Å²) in [5.74, 6) is -1.24. The molecule has 9 heteroatoms. The molecule has 0 saturated carbocycles. The fraction of sp³-hybridized carbons (Fsp3) is 0.486. The topological polar surface area (TPSA) is 90.0 Å². The zero-order valence-electron chi connectivity index (χ0n) is 25.6. The highest BCUT2D eigenvalue weighted by atomic mass is 35.5. The summed E-state index contributed by atoms with van der Waals surface area (Å²) in [7, 11) is 1.59. The number of amides is 4. The van der Waals surface area contributed by atoms with Gasteiger partial charge < -0.3 is 20.0 Å². The number of rotatable bonds is 10. The first-order chi connectivity index (χ1) is 21.4. The number of nitrogens with one attached hydrogen (secondary N) is 1. The number of carbonyl (C=O) groups is 4. The first-order valence-corrected chi connectivity index (χ1v) is 16.4. The third kappa shape index (κ3) is 7.34. The van der Waals surface area contributed by atoms with Gasteiger partial charge in [-0.2, -0.15) is 0 Å². The van der Waals surface area contributed by atoms with Crippen LogP contribution in [0.2, 0.25) is 0 Å². The smallest absolute Gasteiger partial charge is 0.246 e. The van der Waals surface area contributed by atoms with Crippen LogP contribution in [-0.4, -0.2) is 89.0 Å². The van der Waals surface area contributed by atoms with Gasteiger partial charge in [-0.1, -0.05) is 60.7 Å². The minimum absolute atomic E-state index is 0.0635. The second-order valence-electron chi connectivity index (χ2n) is 12.1. The first-order valence-electron chi connectivity index (χ1n) is 15.9. The van der Waals surface area contributed by atoms with Crippen molar-refractivity contribution < 1.29 is 19.2 Å². The lowest BCUT2D eigenvalue weighted by atomic mass is 9.95. The molecule has 2 fully saturated rings. The van der Waals surface area contributed by atoms with Crippen LogP contribution in [0.5, 0.6) is 0 Å². The van der Waals surface area contributed by atoms with Gasteiger partial charge in [-0.3, -0.25) is 19.2 Å². The van der Waals surface area contributed by atoms with Crippen molar-refractivity contribution in [1.82, 2.24) is 20.0 Å². The number of alkyl halides is 1. The quantitative estimate of drug-likeness (QED) is 0.404. The van der Waals surface area contributed by atoms with Crippen LogP contribution in [0, 0.1) is 0 Å². The summed E-state index contributed by atoms with van der Waals surface area (Å²) < 4.78 is 0. The van der Waals surface area contributed by atoms with Crippen molar-refractivity contribution in [3.8, 4) is 0 Å². The summed E-state index contributed by atoms with van der Waals surface area (Å²) in [5.41, 5.74) is 4.33. The molecule has 234 valence electrons. The van der Waals surface area contributed by atoms with E-state index in [9.17, 15) is 19.2 Å². The Morgan fingerprint density at radius 1 is 0.886 bits per heavy atom.